The molecule has 17 heavy (non-hydrogen) atoms. The van der Waals surface area contributed by atoms with Crippen LogP contribution in [0.3, 0.4) is 0 Å². The highest BCUT2D eigenvalue weighted by atomic mass is 16.2. The number of nitrogens with zero attached hydrogens (tertiary/aromatic N) is 2. The van der Waals surface area contributed by atoms with E-state index in [-0.39, 0.29) is 7.43 Å². The lowest BCUT2D eigenvalue weighted by molar-refractivity contribution is -0.133. The highest BCUT2D eigenvalue weighted by Gasteiger charge is 2.43. The molecule has 3 heteroatoms. The largest absolute Gasteiger partial charge is 0.337 e. The molecule has 2 rings (SSSR count). The Kier molecular flexibility index (Phi) is 7.44. The Labute approximate surface area is 107 Å². The van der Waals surface area contributed by atoms with Crippen LogP contribution in [0.1, 0.15) is 54.4 Å². The highest BCUT2D eigenvalue weighted by molar-refractivity contribution is 5.76. The molecule has 2 saturated heterocycles. The zero-order valence-corrected chi connectivity index (χ0v) is 11.2. The molecule has 1 amide bonds. The van der Waals surface area contributed by atoms with Crippen molar-refractivity contribution in [2.24, 2.45) is 0 Å². The Hall–Kier alpha value is -0.570. The molecule has 0 aromatic carbocycles. The predicted octanol–water partition coefficient (Wildman–Crippen LogP) is 2.75. The van der Waals surface area contributed by atoms with E-state index in [0.717, 1.165) is 13.1 Å². The SMILES string of the molecule is C.CC.CCCN1C[C@@H]2C[C@H]1CN2C(=O)CC. The smallest absolute Gasteiger partial charge is 0.222 e. The zero-order chi connectivity index (χ0) is 12.1. The van der Waals surface area contributed by atoms with Crippen LogP contribution < -0.4 is 0 Å². The van der Waals surface area contributed by atoms with Crippen LogP contribution in [0.4, 0.5) is 0 Å². The van der Waals surface area contributed by atoms with Crippen molar-refractivity contribution in [2.45, 2.75) is 66.5 Å². The van der Waals surface area contributed by atoms with Crippen molar-refractivity contribution in [1.29, 1.82) is 0 Å². The van der Waals surface area contributed by atoms with Crippen LogP contribution in [0.15, 0.2) is 0 Å². The van der Waals surface area contributed by atoms with Gasteiger partial charge in [-0.05, 0) is 19.4 Å². The number of piperazine rings is 1. The first-order valence-electron chi connectivity index (χ1n) is 6.79. The Morgan fingerprint density at radius 3 is 2.24 bits per heavy atom. The van der Waals surface area contributed by atoms with Crippen LogP contribution in [0.5, 0.6) is 0 Å². The molecule has 2 aliphatic rings. The second-order valence-corrected chi connectivity index (χ2v) is 4.44. The molecule has 2 aliphatic heterocycles. The van der Waals surface area contributed by atoms with E-state index >= 15 is 0 Å². The molecule has 0 radical (unpaired) electrons. The van der Waals surface area contributed by atoms with E-state index in [1.54, 1.807) is 0 Å². The fourth-order valence-electron chi connectivity index (χ4n) is 2.82. The third-order valence-electron chi connectivity index (χ3n) is 3.49. The first-order valence-corrected chi connectivity index (χ1v) is 6.79. The minimum atomic E-state index is 0. The summed E-state index contributed by atoms with van der Waals surface area (Å²) in [5, 5.41) is 0. The molecule has 0 aromatic rings. The summed E-state index contributed by atoms with van der Waals surface area (Å²) in [4.78, 5) is 16.2. The lowest BCUT2D eigenvalue weighted by Gasteiger charge is -2.33. The van der Waals surface area contributed by atoms with E-state index in [1.165, 1.54) is 19.4 Å². The van der Waals surface area contributed by atoms with Gasteiger partial charge < -0.3 is 4.90 Å². The van der Waals surface area contributed by atoms with Crippen molar-refractivity contribution in [1.82, 2.24) is 9.80 Å². The molecule has 2 fully saturated rings. The van der Waals surface area contributed by atoms with Gasteiger partial charge in [0, 0.05) is 31.6 Å². The van der Waals surface area contributed by atoms with Crippen molar-refractivity contribution in [3.8, 4) is 0 Å². The number of fused-ring (bicyclic) bond motifs is 2. The lowest BCUT2D eigenvalue weighted by Crippen LogP contribution is -2.48. The quantitative estimate of drug-likeness (QED) is 0.760. The molecule has 0 saturated carbocycles. The van der Waals surface area contributed by atoms with Gasteiger partial charge in [0.1, 0.15) is 0 Å². The summed E-state index contributed by atoms with van der Waals surface area (Å²) in [5.74, 6) is 0.341. The molecule has 0 unspecified atom stereocenters. The minimum absolute atomic E-state index is 0. The monoisotopic (exact) mass is 242 g/mol. The molecular weight excluding hydrogens is 212 g/mol. The third-order valence-corrected chi connectivity index (χ3v) is 3.49. The van der Waals surface area contributed by atoms with Crippen molar-refractivity contribution in [3.05, 3.63) is 0 Å². The zero-order valence-electron chi connectivity index (χ0n) is 11.2. The molecule has 0 spiro atoms. The average Bonchev–Trinajstić information content (AvgIpc) is 2.90. The van der Waals surface area contributed by atoms with Gasteiger partial charge in [0.15, 0.2) is 0 Å². The Bertz CT molecular complexity index is 230. The Morgan fingerprint density at radius 1 is 1.18 bits per heavy atom. The molecule has 0 aromatic heterocycles. The minimum Gasteiger partial charge on any atom is -0.337 e. The van der Waals surface area contributed by atoms with Gasteiger partial charge in [-0.25, -0.2) is 0 Å². The number of hydrogen-bond donors (Lipinski definition) is 0. The summed E-state index contributed by atoms with van der Waals surface area (Å²) >= 11 is 0. The number of carbonyl (C=O) groups is 1. The number of carbonyl (C=O) groups excluding carboxylic acids is 1. The molecule has 102 valence electrons. The maximum atomic E-state index is 11.6. The van der Waals surface area contributed by atoms with Crippen LogP contribution in [-0.4, -0.2) is 47.4 Å². The van der Waals surface area contributed by atoms with Gasteiger partial charge in [-0.3, -0.25) is 9.69 Å². The van der Waals surface area contributed by atoms with Gasteiger partial charge in [-0.15, -0.1) is 0 Å². The normalized spacial score (nSPS) is 26.2. The summed E-state index contributed by atoms with van der Waals surface area (Å²) in [6.07, 6.45) is 3.10. The van der Waals surface area contributed by atoms with Gasteiger partial charge in [0.05, 0.1) is 0 Å². The van der Waals surface area contributed by atoms with E-state index in [0.29, 0.717) is 24.4 Å². The summed E-state index contributed by atoms with van der Waals surface area (Å²) < 4.78 is 0. The van der Waals surface area contributed by atoms with Crippen molar-refractivity contribution < 1.29 is 4.79 Å². The summed E-state index contributed by atoms with van der Waals surface area (Å²) in [6, 6.07) is 1.19. The highest BCUT2D eigenvalue weighted by Crippen LogP contribution is 2.30. The first-order chi connectivity index (χ1) is 7.76. The second-order valence-electron chi connectivity index (χ2n) is 4.44. The maximum Gasteiger partial charge on any atom is 0.222 e. The van der Waals surface area contributed by atoms with Crippen LogP contribution in [0.25, 0.3) is 0 Å². The molecule has 0 N–H and O–H groups in total. The third kappa shape index (κ3) is 3.44. The molecular formula is C14H30N2O. The number of hydrogen-bond acceptors (Lipinski definition) is 2. The van der Waals surface area contributed by atoms with Gasteiger partial charge >= 0.3 is 0 Å². The fraction of sp³-hybridized carbons (Fsp3) is 0.929. The molecule has 2 atom stereocenters. The van der Waals surface area contributed by atoms with E-state index in [1.807, 2.05) is 20.8 Å². The van der Waals surface area contributed by atoms with Crippen molar-refractivity contribution in [2.75, 3.05) is 19.6 Å². The predicted molar refractivity (Wildman–Crippen MR) is 74.1 cm³/mol. The Balaban J connectivity index is 0.000000811. The second kappa shape index (κ2) is 7.70. The molecule has 0 aliphatic carbocycles. The van der Waals surface area contributed by atoms with Gasteiger partial charge in [0.25, 0.3) is 0 Å². The lowest BCUT2D eigenvalue weighted by atomic mass is 10.2. The Morgan fingerprint density at radius 2 is 1.82 bits per heavy atom. The summed E-state index contributed by atoms with van der Waals surface area (Å²) in [6.45, 7) is 11.5. The standard InChI is InChI=1S/C11H20N2O.C2H6.CH4/c1-3-5-12-7-10-6-9(12)8-13(10)11(14)4-2;1-2;/h9-10H,3-8H2,1-2H3;1-2H3;1H4/t9-,10-;;/m0../s1. The van der Waals surface area contributed by atoms with Crippen LogP contribution in [-0.2, 0) is 4.79 Å². The van der Waals surface area contributed by atoms with E-state index in [4.69, 9.17) is 0 Å². The number of likely N-dealkylation sites (tertiary alicyclic amines) is 2. The van der Waals surface area contributed by atoms with E-state index in [9.17, 15) is 4.79 Å². The summed E-state index contributed by atoms with van der Waals surface area (Å²) in [7, 11) is 0. The van der Waals surface area contributed by atoms with Crippen LogP contribution in [0.2, 0.25) is 0 Å². The van der Waals surface area contributed by atoms with Gasteiger partial charge in [-0.2, -0.15) is 0 Å². The molecule has 2 bridgehead atoms. The summed E-state index contributed by atoms with van der Waals surface area (Å²) in [5.41, 5.74) is 0. The maximum absolute atomic E-state index is 11.6. The van der Waals surface area contributed by atoms with Crippen LogP contribution in [0, 0.1) is 0 Å². The van der Waals surface area contributed by atoms with Gasteiger partial charge in [0.2, 0.25) is 5.91 Å². The van der Waals surface area contributed by atoms with Gasteiger partial charge in [-0.1, -0.05) is 35.1 Å². The first kappa shape index (κ1) is 16.4. The topological polar surface area (TPSA) is 23.6 Å². The number of amides is 1. The van der Waals surface area contributed by atoms with Crippen molar-refractivity contribution in [3.63, 3.8) is 0 Å². The fourth-order valence-corrected chi connectivity index (χ4v) is 2.82. The number of rotatable bonds is 3. The van der Waals surface area contributed by atoms with Crippen molar-refractivity contribution >= 4 is 5.91 Å². The molecule has 3 nitrogen and oxygen atoms in total. The average molecular weight is 242 g/mol. The molecule has 2 heterocycles. The van der Waals surface area contributed by atoms with E-state index < -0.39 is 0 Å². The van der Waals surface area contributed by atoms with E-state index in [2.05, 4.69) is 16.7 Å². The van der Waals surface area contributed by atoms with Crippen LogP contribution >= 0.6 is 0 Å².